The highest BCUT2D eigenvalue weighted by Crippen LogP contribution is 2.32. The molecule has 1 atom stereocenters. The third-order valence-electron chi connectivity index (χ3n) is 3.84. The minimum atomic E-state index is -0.984. The third kappa shape index (κ3) is 5.07. The molecule has 1 amide bonds. The number of rotatable bonds is 7. The number of hydrogen-bond donors (Lipinski definition) is 1. The minimum Gasteiger partial charge on any atom is -0.486 e. The summed E-state index contributed by atoms with van der Waals surface area (Å²) in [7, 11) is 0. The van der Waals surface area contributed by atoms with E-state index in [9.17, 15) is 14.4 Å². The molecule has 1 aromatic carbocycles. The van der Waals surface area contributed by atoms with Crippen LogP contribution >= 0.6 is 11.3 Å². The van der Waals surface area contributed by atoms with Gasteiger partial charge in [0, 0.05) is 18.2 Å². The lowest BCUT2D eigenvalue weighted by Gasteiger charge is -2.19. The topological polar surface area (TPSA) is 90.9 Å². The number of carbonyl (C=O) groups excluding carboxylic acids is 3. The van der Waals surface area contributed by atoms with Crippen molar-refractivity contribution in [2.24, 2.45) is 0 Å². The fraction of sp³-hybridized carbons (Fsp3) is 0.316. The quantitative estimate of drug-likeness (QED) is 0.578. The molecule has 2 aromatic rings. The zero-order chi connectivity index (χ0) is 19.2. The lowest BCUT2D eigenvalue weighted by Crippen LogP contribution is -2.30. The maximum Gasteiger partial charge on any atom is 0.307 e. The Morgan fingerprint density at radius 3 is 2.67 bits per heavy atom. The molecule has 0 bridgehead atoms. The molecule has 0 unspecified atom stereocenters. The molecule has 0 radical (unpaired) electrons. The van der Waals surface area contributed by atoms with Gasteiger partial charge in [-0.3, -0.25) is 14.4 Å². The number of thiophene rings is 1. The van der Waals surface area contributed by atoms with Crippen LogP contribution in [0.5, 0.6) is 11.5 Å². The summed E-state index contributed by atoms with van der Waals surface area (Å²) in [5.74, 6) is -0.00500. The Balaban J connectivity index is 1.47. The summed E-state index contributed by atoms with van der Waals surface area (Å²) in [6.07, 6.45) is -1.00. The molecule has 0 saturated heterocycles. The maximum atomic E-state index is 12.2. The lowest BCUT2D eigenvalue weighted by molar-refractivity contribution is -0.153. The second kappa shape index (κ2) is 8.68. The van der Waals surface area contributed by atoms with E-state index in [2.05, 4.69) is 5.32 Å². The summed E-state index contributed by atoms with van der Waals surface area (Å²) >= 11 is 1.33. The Kier molecular flexibility index (Phi) is 6.08. The summed E-state index contributed by atoms with van der Waals surface area (Å²) in [6, 6.07) is 8.53. The molecule has 0 saturated carbocycles. The molecule has 142 valence electrons. The number of nitrogens with one attached hydrogen (secondary N) is 1. The summed E-state index contributed by atoms with van der Waals surface area (Å²) in [4.78, 5) is 36.6. The molecule has 8 heteroatoms. The van der Waals surface area contributed by atoms with Crippen molar-refractivity contribution in [3.63, 3.8) is 0 Å². The van der Waals surface area contributed by atoms with Crippen LogP contribution in [-0.4, -0.2) is 37.0 Å². The van der Waals surface area contributed by atoms with Crippen LogP contribution in [-0.2, 0) is 14.3 Å². The first-order valence-electron chi connectivity index (χ1n) is 8.49. The highest BCUT2D eigenvalue weighted by atomic mass is 32.1. The molecule has 2 heterocycles. The van der Waals surface area contributed by atoms with Crippen molar-refractivity contribution >= 4 is 34.7 Å². The number of Topliss-reactive ketones (excluding diaryl/α,β-unsaturated/α-hetero) is 1. The van der Waals surface area contributed by atoms with Crippen LogP contribution in [0.15, 0.2) is 35.7 Å². The van der Waals surface area contributed by atoms with Gasteiger partial charge in [0.25, 0.3) is 5.91 Å². The Morgan fingerprint density at radius 1 is 1.15 bits per heavy atom. The van der Waals surface area contributed by atoms with Gasteiger partial charge in [-0.1, -0.05) is 6.07 Å². The summed E-state index contributed by atoms with van der Waals surface area (Å²) in [6.45, 7) is 2.41. The van der Waals surface area contributed by atoms with Crippen LogP contribution < -0.4 is 14.8 Å². The number of anilines is 1. The van der Waals surface area contributed by atoms with Crippen LogP contribution in [0.4, 0.5) is 5.69 Å². The lowest BCUT2D eigenvalue weighted by atomic mass is 10.2. The average molecular weight is 389 g/mol. The Labute approximate surface area is 160 Å². The number of fused-ring (bicyclic) bond motifs is 1. The van der Waals surface area contributed by atoms with Crippen LogP contribution in [0.3, 0.4) is 0 Å². The molecular formula is C19H19NO6S. The molecule has 1 aliphatic rings. The summed E-state index contributed by atoms with van der Waals surface area (Å²) in [5, 5.41) is 4.47. The molecule has 0 spiro atoms. The summed E-state index contributed by atoms with van der Waals surface area (Å²) < 4.78 is 16.0. The Hall–Kier alpha value is -2.87. The van der Waals surface area contributed by atoms with Crippen LogP contribution in [0.2, 0.25) is 0 Å². The third-order valence-corrected chi connectivity index (χ3v) is 4.75. The molecule has 27 heavy (non-hydrogen) atoms. The van der Waals surface area contributed by atoms with E-state index in [0.717, 1.165) is 0 Å². The molecule has 1 aromatic heterocycles. The van der Waals surface area contributed by atoms with Gasteiger partial charge in [0.15, 0.2) is 23.4 Å². The standard InChI is InChI=1S/C19H19NO6S/c1-12(26-18(22)7-5-14(21)17-3-2-10-27-17)19(23)20-13-4-6-15-16(11-13)25-9-8-24-15/h2-4,6,10-12H,5,7-9H2,1H3,(H,20,23)/t12-/m1/s1. The number of ether oxygens (including phenoxy) is 3. The van der Waals surface area contributed by atoms with E-state index in [-0.39, 0.29) is 18.6 Å². The van der Waals surface area contributed by atoms with Crippen molar-refractivity contribution in [3.8, 4) is 11.5 Å². The predicted octanol–water partition coefficient (Wildman–Crippen LogP) is 3.05. The first-order chi connectivity index (χ1) is 13.0. The van der Waals surface area contributed by atoms with Crippen LogP contribution in [0, 0.1) is 0 Å². The number of carbonyl (C=O) groups is 3. The molecular weight excluding hydrogens is 370 g/mol. The Morgan fingerprint density at radius 2 is 1.93 bits per heavy atom. The fourth-order valence-corrected chi connectivity index (χ4v) is 3.15. The van der Waals surface area contributed by atoms with Crippen molar-refractivity contribution in [2.45, 2.75) is 25.9 Å². The first kappa shape index (κ1) is 18.9. The molecule has 0 fully saturated rings. The van der Waals surface area contributed by atoms with Gasteiger partial charge in [-0.15, -0.1) is 11.3 Å². The van der Waals surface area contributed by atoms with Crippen molar-refractivity contribution in [3.05, 3.63) is 40.6 Å². The van der Waals surface area contributed by atoms with E-state index in [1.165, 1.54) is 18.3 Å². The highest BCUT2D eigenvalue weighted by molar-refractivity contribution is 7.12. The predicted molar refractivity (Wildman–Crippen MR) is 99.5 cm³/mol. The van der Waals surface area contributed by atoms with E-state index in [4.69, 9.17) is 14.2 Å². The van der Waals surface area contributed by atoms with Gasteiger partial charge >= 0.3 is 5.97 Å². The van der Waals surface area contributed by atoms with Gasteiger partial charge in [0.2, 0.25) is 0 Å². The van der Waals surface area contributed by atoms with Gasteiger partial charge in [0.05, 0.1) is 11.3 Å². The Bertz CT molecular complexity index is 833. The van der Waals surface area contributed by atoms with E-state index in [1.54, 1.807) is 35.7 Å². The second-order valence-corrected chi connectivity index (χ2v) is 6.83. The van der Waals surface area contributed by atoms with Crippen molar-refractivity contribution in [1.29, 1.82) is 0 Å². The fourth-order valence-electron chi connectivity index (χ4n) is 2.45. The van der Waals surface area contributed by atoms with E-state index in [0.29, 0.717) is 35.3 Å². The van der Waals surface area contributed by atoms with Crippen LogP contribution in [0.1, 0.15) is 29.4 Å². The average Bonchev–Trinajstić information content (AvgIpc) is 3.21. The number of benzene rings is 1. The molecule has 0 aliphatic carbocycles. The number of ketones is 1. The normalized spacial score (nSPS) is 13.5. The van der Waals surface area contributed by atoms with Gasteiger partial charge in [0.1, 0.15) is 13.2 Å². The first-order valence-corrected chi connectivity index (χ1v) is 9.37. The maximum absolute atomic E-state index is 12.2. The second-order valence-electron chi connectivity index (χ2n) is 5.88. The van der Waals surface area contributed by atoms with Crippen LogP contribution in [0.25, 0.3) is 0 Å². The zero-order valence-corrected chi connectivity index (χ0v) is 15.5. The van der Waals surface area contributed by atoms with Crippen molar-refractivity contribution in [2.75, 3.05) is 18.5 Å². The number of hydrogen-bond acceptors (Lipinski definition) is 7. The van der Waals surface area contributed by atoms with Crippen molar-refractivity contribution in [1.82, 2.24) is 0 Å². The van der Waals surface area contributed by atoms with E-state index >= 15 is 0 Å². The molecule has 1 aliphatic heterocycles. The summed E-state index contributed by atoms with van der Waals surface area (Å²) in [5.41, 5.74) is 0.514. The van der Waals surface area contributed by atoms with Gasteiger partial charge in [-0.05, 0) is 30.5 Å². The van der Waals surface area contributed by atoms with E-state index < -0.39 is 18.0 Å². The van der Waals surface area contributed by atoms with Gasteiger partial charge < -0.3 is 19.5 Å². The number of amides is 1. The van der Waals surface area contributed by atoms with Gasteiger partial charge in [-0.25, -0.2) is 0 Å². The molecule has 1 N–H and O–H groups in total. The molecule has 7 nitrogen and oxygen atoms in total. The van der Waals surface area contributed by atoms with Gasteiger partial charge in [-0.2, -0.15) is 0 Å². The molecule has 3 rings (SSSR count). The zero-order valence-electron chi connectivity index (χ0n) is 14.7. The number of esters is 1. The SMILES string of the molecule is C[C@@H](OC(=O)CCC(=O)c1cccs1)C(=O)Nc1ccc2c(c1)OCCO2. The monoisotopic (exact) mass is 389 g/mol. The minimum absolute atomic E-state index is 0.0514. The van der Waals surface area contributed by atoms with E-state index in [1.807, 2.05) is 0 Å². The van der Waals surface area contributed by atoms with Crippen molar-refractivity contribution < 1.29 is 28.6 Å². The smallest absolute Gasteiger partial charge is 0.307 e. The highest BCUT2D eigenvalue weighted by Gasteiger charge is 2.20. The largest absolute Gasteiger partial charge is 0.486 e.